The molecular weight excluding hydrogens is 216 g/mol. The normalized spacial score (nSPS) is 10.2. The first-order valence-electron chi connectivity index (χ1n) is 4.39. The predicted octanol–water partition coefficient (Wildman–Crippen LogP) is -0.993. The van der Waals surface area contributed by atoms with Crippen LogP contribution in [-0.4, -0.2) is 32.9 Å². The number of hydrogen-bond acceptors (Lipinski definition) is 8. The fraction of sp³-hybridized carbons (Fsp3) is 0.286. The summed E-state index contributed by atoms with van der Waals surface area (Å²) in [5.74, 6) is -0.0693. The quantitative estimate of drug-likeness (QED) is 0.675. The van der Waals surface area contributed by atoms with Crippen LogP contribution in [0.25, 0.3) is 0 Å². The first-order chi connectivity index (χ1) is 7.77. The van der Waals surface area contributed by atoms with E-state index in [1.807, 2.05) is 0 Å². The van der Waals surface area contributed by atoms with Crippen molar-refractivity contribution in [3.8, 4) is 0 Å². The van der Waals surface area contributed by atoms with Crippen molar-refractivity contribution in [1.29, 1.82) is 0 Å². The Hall–Kier alpha value is -2.45. The predicted molar refractivity (Wildman–Crippen MR) is 49.0 cm³/mol. The van der Waals surface area contributed by atoms with Crippen molar-refractivity contribution in [2.45, 2.75) is 6.42 Å². The highest BCUT2D eigenvalue weighted by molar-refractivity contribution is 5.95. The summed E-state index contributed by atoms with van der Waals surface area (Å²) in [6.45, 7) is 0.327. The van der Waals surface area contributed by atoms with Crippen LogP contribution in [0.5, 0.6) is 0 Å². The fourth-order valence-corrected chi connectivity index (χ4v) is 1.03. The smallest absolute Gasteiger partial charge is 0.277 e. The lowest BCUT2D eigenvalue weighted by atomic mass is 10.3. The van der Waals surface area contributed by atoms with Gasteiger partial charge in [-0.3, -0.25) is 4.79 Å². The van der Waals surface area contributed by atoms with Crippen LogP contribution in [0.15, 0.2) is 15.5 Å². The minimum absolute atomic E-state index is 0.0365. The zero-order chi connectivity index (χ0) is 11.4. The zero-order valence-corrected chi connectivity index (χ0v) is 8.08. The van der Waals surface area contributed by atoms with E-state index in [4.69, 9.17) is 10.3 Å². The molecule has 0 aliphatic carbocycles. The van der Waals surface area contributed by atoms with E-state index in [2.05, 4.69) is 30.4 Å². The van der Waals surface area contributed by atoms with Gasteiger partial charge in [0.05, 0.1) is 0 Å². The van der Waals surface area contributed by atoms with Gasteiger partial charge >= 0.3 is 0 Å². The summed E-state index contributed by atoms with van der Waals surface area (Å²) in [6, 6.07) is 0. The van der Waals surface area contributed by atoms with E-state index in [1.165, 1.54) is 6.33 Å². The average molecular weight is 224 g/mol. The van der Waals surface area contributed by atoms with Crippen molar-refractivity contribution in [3.05, 3.63) is 17.9 Å². The molecule has 0 fully saturated rings. The Morgan fingerprint density at radius 3 is 3.00 bits per heavy atom. The number of aromatic nitrogens is 4. The Bertz CT molecular complexity index is 464. The molecule has 16 heavy (non-hydrogen) atoms. The van der Waals surface area contributed by atoms with E-state index in [1.54, 1.807) is 0 Å². The van der Waals surface area contributed by atoms with Gasteiger partial charge in [-0.05, 0) is 10.3 Å². The van der Waals surface area contributed by atoms with Crippen molar-refractivity contribution in [3.63, 3.8) is 0 Å². The third-order valence-corrected chi connectivity index (χ3v) is 1.76. The van der Waals surface area contributed by atoms with Crippen molar-refractivity contribution in [2.75, 3.05) is 12.3 Å². The Morgan fingerprint density at radius 1 is 1.50 bits per heavy atom. The van der Waals surface area contributed by atoms with Gasteiger partial charge in [0.1, 0.15) is 0 Å². The molecule has 0 aliphatic heterocycles. The summed E-state index contributed by atoms with van der Waals surface area (Å²) in [6.07, 6.45) is 1.72. The molecule has 2 rings (SSSR count). The highest BCUT2D eigenvalue weighted by atomic mass is 16.6. The Labute approximate surface area is 89.0 Å². The maximum Gasteiger partial charge on any atom is 0.277 e. The molecule has 0 saturated heterocycles. The Morgan fingerprint density at radius 2 is 2.38 bits per heavy atom. The maximum absolute atomic E-state index is 11.4. The van der Waals surface area contributed by atoms with Crippen molar-refractivity contribution >= 4 is 11.7 Å². The molecule has 84 valence electrons. The van der Waals surface area contributed by atoms with Gasteiger partial charge in [-0.15, -0.1) is 0 Å². The monoisotopic (exact) mass is 224 g/mol. The van der Waals surface area contributed by atoms with E-state index in [0.717, 1.165) is 0 Å². The number of carbonyl (C=O) groups excluding carboxylic acids is 1. The van der Waals surface area contributed by atoms with Crippen LogP contribution in [0.4, 0.5) is 5.82 Å². The molecular formula is C7H8N6O3. The number of hydrogen-bond donors (Lipinski definition) is 2. The molecule has 2 aromatic heterocycles. The number of nitrogens with zero attached hydrogens (tertiary/aromatic N) is 4. The lowest BCUT2D eigenvalue weighted by Gasteiger charge is -1.99. The molecule has 2 aromatic rings. The zero-order valence-electron chi connectivity index (χ0n) is 8.08. The summed E-state index contributed by atoms with van der Waals surface area (Å²) in [5, 5.41) is 12.6. The van der Waals surface area contributed by atoms with Gasteiger partial charge in [0.25, 0.3) is 5.91 Å². The molecule has 0 bridgehead atoms. The molecule has 3 N–H and O–H groups in total. The van der Waals surface area contributed by atoms with Crippen LogP contribution in [0, 0.1) is 0 Å². The number of nitrogen functional groups attached to an aromatic ring is 1. The summed E-state index contributed by atoms with van der Waals surface area (Å²) >= 11 is 0. The minimum Gasteiger partial charge on any atom is -0.379 e. The van der Waals surface area contributed by atoms with E-state index in [0.29, 0.717) is 18.9 Å². The first kappa shape index (κ1) is 10.1. The van der Waals surface area contributed by atoms with Crippen molar-refractivity contribution < 1.29 is 13.9 Å². The molecule has 0 aromatic carbocycles. The van der Waals surface area contributed by atoms with Gasteiger partial charge in [-0.2, -0.15) is 4.98 Å². The van der Waals surface area contributed by atoms with Gasteiger partial charge in [0.15, 0.2) is 6.33 Å². The van der Waals surface area contributed by atoms with Crippen LogP contribution in [-0.2, 0) is 6.42 Å². The van der Waals surface area contributed by atoms with Gasteiger partial charge in [0, 0.05) is 13.0 Å². The SMILES string of the molecule is Nc1nonc1C(=O)NCCc1ncno1. The van der Waals surface area contributed by atoms with E-state index >= 15 is 0 Å². The number of nitrogens with one attached hydrogen (secondary N) is 1. The van der Waals surface area contributed by atoms with Crippen molar-refractivity contribution in [1.82, 2.24) is 25.8 Å². The molecule has 0 radical (unpaired) electrons. The van der Waals surface area contributed by atoms with E-state index in [9.17, 15) is 4.79 Å². The molecule has 0 saturated carbocycles. The molecule has 0 unspecified atom stereocenters. The van der Waals surface area contributed by atoms with Crippen LogP contribution in [0.2, 0.25) is 0 Å². The third-order valence-electron chi connectivity index (χ3n) is 1.76. The molecule has 9 nitrogen and oxygen atoms in total. The van der Waals surface area contributed by atoms with E-state index < -0.39 is 5.91 Å². The topological polar surface area (TPSA) is 133 Å². The maximum atomic E-state index is 11.4. The number of carbonyl (C=O) groups is 1. The summed E-state index contributed by atoms with van der Waals surface area (Å²) in [4.78, 5) is 15.2. The number of nitrogens with two attached hydrogens (primary N) is 1. The molecule has 9 heteroatoms. The highest BCUT2D eigenvalue weighted by Crippen LogP contribution is 2.03. The second-order valence-corrected chi connectivity index (χ2v) is 2.84. The van der Waals surface area contributed by atoms with E-state index in [-0.39, 0.29) is 11.5 Å². The molecule has 0 atom stereocenters. The summed E-state index contributed by atoms with van der Waals surface area (Å²) in [5.41, 5.74) is 5.30. The summed E-state index contributed by atoms with van der Waals surface area (Å²) in [7, 11) is 0. The van der Waals surface area contributed by atoms with Gasteiger partial charge in [-0.25, -0.2) is 4.63 Å². The number of rotatable bonds is 4. The van der Waals surface area contributed by atoms with Gasteiger partial charge in [0.2, 0.25) is 17.4 Å². The van der Waals surface area contributed by atoms with Crippen molar-refractivity contribution in [2.24, 2.45) is 0 Å². The lowest BCUT2D eigenvalue weighted by Crippen LogP contribution is -2.26. The molecule has 2 heterocycles. The number of anilines is 1. The molecule has 0 aliphatic rings. The lowest BCUT2D eigenvalue weighted by molar-refractivity contribution is 0.0944. The van der Waals surface area contributed by atoms with Crippen LogP contribution >= 0.6 is 0 Å². The van der Waals surface area contributed by atoms with Gasteiger partial charge in [-0.1, -0.05) is 5.16 Å². The van der Waals surface area contributed by atoms with Crippen LogP contribution in [0.1, 0.15) is 16.4 Å². The standard InChI is InChI=1S/C7H8N6O3/c8-6-5(12-16-13-6)7(14)9-2-1-4-10-3-11-15-4/h3H,1-2H2,(H2,8,13)(H,9,14). The second-order valence-electron chi connectivity index (χ2n) is 2.84. The largest absolute Gasteiger partial charge is 0.379 e. The first-order valence-corrected chi connectivity index (χ1v) is 4.39. The minimum atomic E-state index is -0.460. The number of amides is 1. The highest BCUT2D eigenvalue weighted by Gasteiger charge is 2.15. The fourth-order valence-electron chi connectivity index (χ4n) is 1.03. The Balaban J connectivity index is 1.83. The van der Waals surface area contributed by atoms with Crippen LogP contribution < -0.4 is 11.1 Å². The third kappa shape index (κ3) is 2.13. The summed E-state index contributed by atoms with van der Waals surface area (Å²) < 4.78 is 9.04. The van der Waals surface area contributed by atoms with Gasteiger partial charge < -0.3 is 15.6 Å². The second kappa shape index (κ2) is 4.38. The molecule has 1 amide bonds. The van der Waals surface area contributed by atoms with Crippen LogP contribution in [0.3, 0.4) is 0 Å². The Kier molecular flexibility index (Phi) is 2.76. The average Bonchev–Trinajstić information content (AvgIpc) is 2.88. The molecule has 0 spiro atoms.